The van der Waals surface area contributed by atoms with E-state index < -0.39 is 0 Å². The molecule has 140 valence electrons. The third kappa shape index (κ3) is 4.75. The van der Waals surface area contributed by atoms with Gasteiger partial charge in [-0.3, -0.25) is 4.79 Å². The fraction of sp³-hybridized carbons (Fsp3) is 0.211. The smallest absolute Gasteiger partial charge is 0.270 e. The molecule has 0 aliphatic carbocycles. The lowest BCUT2D eigenvalue weighted by Gasteiger charge is -2.10. The van der Waals surface area contributed by atoms with E-state index in [1.165, 1.54) is 6.20 Å². The number of nitrogens with zero attached hydrogens (tertiary/aromatic N) is 2. The summed E-state index contributed by atoms with van der Waals surface area (Å²) in [6, 6.07) is 10.7. The molecule has 1 aromatic carbocycles. The Labute approximate surface area is 156 Å². The number of carbonyl (C=O) groups excluding carboxylic acids is 1. The molecule has 0 radical (unpaired) electrons. The lowest BCUT2D eigenvalue weighted by Crippen LogP contribution is -2.24. The van der Waals surface area contributed by atoms with E-state index in [1.54, 1.807) is 38.7 Å². The summed E-state index contributed by atoms with van der Waals surface area (Å²) in [7, 11) is 3.14. The molecule has 8 heteroatoms. The van der Waals surface area contributed by atoms with Gasteiger partial charge < -0.3 is 24.5 Å². The molecular formula is C19H20N4O4. The van der Waals surface area contributed by atoms with Crippen LogP contribution in [0.25, 0.3) is 0 Å². The number of anilines is 1. The van der Waals surface area contributed by atoms with Crippen LogP contribution in [0.5, 0.6) is 11.5 Å². The summed E-state index contributed by atoms with van der Waals surface area (Å²) in [5.74, 6) is 2.05. The SMILES string of the molecule is COc1ccc(CNC(=O)c2ccnc(NCc3ccco3)n2)cc1OC. The van der Waals surface area contributed by atoms with Crippen molar-refractivity contribution in [3.8, 4) is 11.5 Å². The third-order valence-electron chi connectivity index (χ3n) is 3.79. The molecule has 0 spiro atoms. The average molecular weight is 368 g/mol. The van der Waals surface area contributed by atoms with Gasteiger partial charge in [0.2, 0.25) is 5.95 Å². The zero-order chi connectivity index (χ0) is 19.1. The highest BCUT2D eigenvalue weighted by Gasteiger charge is 2.10. The summed E-state index contributed by atoms with van der Waals surface area (Å²) in [4.78, 5) is 20.7. The highest BCUT2D eigenvalue weighted by molar-refractivity contribution is 5.92. The van der Waals surface area contributed by atoms with Crippen molar-refractivity contribution in [1.29, 1.82) is 0 Å². The van der Waals surface area contributed by atoms with E-state index in [1.807, 2.05) is 18.2 Å². The quantitative estimate of drug-likeness (QED) is 0.630. The topological polar surface area (TPSA) is 98.5 Å². The summed E-state index contributed by atoms with van der Waals surface area (Å²) in [5.41, 5.74) is 1.15. The predicted molar refractivity (Wildman–Crippen MR) is 98.8 cm³/mol. The molecule has 3 aromatic rings. The Morgan fingerprint density at radius 3 is 2.70 bits per heavy atom. The van der Waals surface area contributed by atoms with Crippen molar-refractivity contribution in [1.82, 2.24) is 15.3 Å². The van der Waals surface area contributed by atoms with Crippen molar-refractivity contribution in [2.45, 2.75) is 13.1 Å². The molecule has 2 N–H and O–H groups in total. The van der Waals surface area contributed by atoms with Crippen LogP contribution in [0.3, 0.4) is 0 Å². The Hall–Kier alpha value is -3.55. The molecule has 0 atom stereocenters. The summed E-state index contributed by atoms with van der Waals surface area (Å²) in [6.45, 7) is 0.766. The highest BCUT2D eigenvalue weighted by atomic mass is 16.5. The van der Waals surface area contributed by atoms with E-state index in [2.05, 4.69) is 20.6 Å². The number of furan rings is 1. The number of benzene rings is 1. The molecule has 0 unspecified atom stereocenters. The summed E-state index contributed by atoms with van der Waals surface area (Å²) >= 11 is 0. The first-order valence-electron chi connectivity index (χ1n) is 8.28. The van der Waals surface area contributed by atoms with Crippen LogP contribution in [0.15, 0.2) is 53.3 Å². The van der Waals surface area contributed by atoms with Crippen LogP contribution in [0, 0.1) is 0 Å². The van der Waals surface area contributed by atoms with Gasteiger partial charge in [0.25, 0.3) is 5.91 Å². The van der Waals surface area contributed by atoms with Gasteiger partial charge in [0.1, 0.15) is 11.5 Å². The minimum atomic E-state index is -0.298. The Bertz CT molecular complexity index is 896. The molecule has 27 heavy (non-hydrogen) atoms. The number of carbonyl (C=O) groups is 1. The standard InChI is InChI=1S/C19H20N4O4/c1-25-16-6-5-13(10-17(16)26-2)11-21-18(24)15-7-8-20-19(23-15)22-12-14-4-3-9-27-14/h3-10H,11-12H2,1-2H3,(H,21,24)(H,20,22,23). The number of nitrogens with one attached hydrogen (secondary N) is 2. The van der Waals surface area contributed by atoms with Crippen LogP contribution in [0.4, 0.5) is 5.95 Å². The van der Waals surface area contributed by atoms with Gasteiger partial charge >= 0.3 is 0 Å². The Balaban J connectivity index is 1.60. The van der Waals surface area contributed by atoms with Crippen LogP contribution in [-0.4, -0.2) is 30.1 Å². The maximum Gasteiger partial charge on any atom is 0.270 e. The Morgan fingerprint density at radius 2 is 1.96 bits per heavy atom. The van der Waals surface area contributed by atoms with Crippen LogP contribution in [0.1, 0.15) is 21.8 Å². The summed E-state index contributed by atoms with van der Waals surface area (Å²) in [5, 5.41) is 5.85. The minimum absolute atomic E-state index is 0.271. The van der Waals surface area contributed by atoms with E-state index in [0.29, 0.717) is 30.5 Å². The fourth-order valence-electron chi connectivity index (χ4n) is 2.41. The van der Waals surface area contributed by atoms with Crippen molar-refractivity contribution < 1.29 is 18.7 Å². The van der Waals surface area contributed by atoms with Gasteiger partial charge in [0.05, 0.1) is 27.0 Å². The minimum Gasteiger partial charge on any atom is -0.493 e. The number of aromatic nitrogens is 2. The summed E-state index contributed by atoms with van der Waals surface area (Å²) in [6.07, 6.45) is 3.12. The maximum absolute atomic E-state index is 12.4. The van der Waals surface area contributed by atoms with Crippen LogP contribution < -0.4 is 20.1 Å². The van der Waals surface area contributed by atoms with Crippen LogP contribution in [-0.2, 0) is 13.1 Å². The molecule has 0 saturated carbocycles. The first kappa shape index (κ1) is 18.2. The van der Waals surface area contributed by atoms with E-state index in [4.69, 9.17) is 13.9 Å². The van der Waals surface area contributed by atoms with Crippen molar-refractivity contribution >= 4 is 11.9 Å². The molecule has 2 aromatic heterocycles. The molecule has 0 aliphatic heterocycles. The molecule has 1 amide bonds. The number of methoxy groups -OCH3 is 2. The number of hydrogen-bond acceptors (Lipinski definition) is 7. The predicted octanol–water partition coefficient (Wildman–Crippen LogP) is 2.63. The van der Waals surface area contributed by atoms with Gasteiger partial charge in [0, 0.05) is 12.7 Å². The van der Waals surface area contributed by atoms with E-state index in [9.17, 15) is 4.79 Å². The van der Waals surface area contributed by atoms with E-state index in [-0.39, 0.29) is 11.6 Å². The molecule has 0 bridgehead atoms. The molecule has 0 aliphatic rings. The zero-order valence-corrected chi connectivity index (χ0v) is 15.1. The highest BCUT2D eigenvalue weighted by Crippen LogP contribution is 2.27. The maximum atomic E-state index is 12.4. The van der Waals surface area contributed by atoms with Gasteiger partial charge in [-0.25, -0.2) is 9.97 Å². The first-order valence-corrected chi connectivity index (χ1v) is 8.28. The largest absolute Gasteiger partial charge is 0.493 e. The van der Waals surface area contributed by atoms with E-state index >= 15 is 0 Å². The normalized spacial score (nSPS) is 10.3. The van der Waals surface area contributed by atoms with Crippen molar-refractivity contribution in [2.24, 2.45) is 0 Å². The lowest BCUT2D eigenvalue weighted by molar-refractivity contribution is 0.0946. The van der Waals surface area contributed by atoms with Gasteiger partial charge in [-0.15, -0.1) is 0 Å². The second kappa shape index (κ2) is 8.70. The fourth-order valence-corrected chi connectivity index (χ4v) is 2.41. The molecule has 8 nitrogen and oxygen atoms in total. The van der Waals surface area contributed by atoms with Crippen LogP contribution in [0.2, 0.25) is 0 Å². The Kier molecular flexibility index (Phi) is 5.88. The first-order chi connectivity index (χ1) is 13.2. The number of hydrogen-bond donors (Lipinski definition) is 2. The van der Waals surface area contributed by atoms with Gasteiger partial charge in [0.15, 0.2) is 11.5 Å². The summed E-state index contributed by atoms with van der Waals surface area (Å²) < 4.78 is 15.7. The van der Waals surface area contributed by atoms with Gasteiger partial charge in [-0.05, 0) is 35.9 Å². The monoisotopic (exact) mass is 368 g/mol. The van der Waals surface area contributed by atoms with E-state index in [0.717, 1.165) is 11.3 Å². The van der Waals surface area contributed by atoms with Gasteiger partial charge in [-0.1, -0.05) is 6.07 Å². The Morgan fingerprint density at radius 1 is 1.11 bits per heavy atom. The van der Waals surface area contributed by atoms with Crippen LogP contribution >= 0.6 is 0 Å². The molecular weight excluding hydrogens is 348 g/mol. The number of ether oxygens (including phenoxy) is 2. The number of amides is 1. The zero-order valence-electron chi connectivity index (χ0n) is 15.1. The van der Waals surface area contributed by atoms with Gasteiger partial charge in [-0.2, -0.15) is 0 Å². The second-order valence-corrected chi connectivity index (χ2v) is 5.57. The number of rotatable bonds is 8. The third-order valence-corrected chi connectivity index (χ3v) is 3.79. The molecule has 0 fully saturated rings. The van der Waals surface area contributed by atoms with Crippen molar-refractivity contribution in [3.63, 3.8) is 0 Å². The lowest BCUT2D eigenvalue weighted by atomic mass is 10.2. The average Bonchev–Trinajstić information content (AvgIpc) is 3.24. The molecule has 3 rings (SSSR count). The van der Waals surface area contributed by atoms with Crippen molar-refractivity contribution in [3.05, 3.63) is 65.9 Å². The van der Waals surface area contributed by atoms with Crippen molar-refractivity contribution in [2.75, 3.05) is 19.5 Å². The molecule has 0 saturated heterocycles. The second-order valence-electron chi connectivity index (χ2n) is 5.57. The molecule has 2 heterocycles.